The standard InChI is InChI=1S/C13H9Br2ClFNO3S/c1-21-12-3-2-7(16)4-11(12)18-22(19,20)13-9(14)5-8(17)6-10(13)15/h2-6,18H,1H3. The molecule has 9 heteroatoms. The molecule has 0 radical (unpaired) electrons. The van der Waals surface area contributed by atoms with E-state index < -0.39 is 15.8 Å². The van der Waals surface area contributed by atoms with Gasteiger partial charge in [-0.1, -0.05) is 11.6 Å². The summed E-state index contributed by atoms with van der Waals surface area (Å²) in [6.45, 7) is 0. The van der Waals surface area contributed by atoms with Crippen molar-refractivity contribution in [1.29, 1.82) is 0 Å². The van der Waals surface area contributed by atoms with E-state index in [4.69, 9.17) is 16.3 Å². The Labute approximate surface area is 148 Å². The molecule has 2 aromatic rings. The molecule has 2 rings (SSSR count). The van der Waals surface area contributed by atoms with Crippen molar-refractivity contribution in [1.82, 2.24) is 0 Å². The molecule has 118 valence electrons. The summed E-state index contributed by atoms with van der Waals surface area (Å²) in [4.78, 5) is -0.129. The van der Waals surface area contributed by atoms with Gasteiger partial charge >= 0.3 is 0 Å². The topological polar surface area (TPSA) is 55.4 Å². The van der Waals surface area contributed by atoms with E-state index in [0.717, 1.165) is 12.1 Å². The quantitative estimate of drug-likeness (QED) is 0.693. The predicted octanol–water partition coefficient (Wildman–Crippen LogP) is 4.81. The Morgan fingerprint density at radius 3 is 2.32 bits per heavy atom. The summed E-state index contributed by atoms with van der Waals surface area (Å²) in [6, 6.07) is 6.66. The van der Waals surface area contributed by atoms with Crippen molar-refractivity contribution in [2.24, 2.45) is 0 Å². The predicted molar refractivity (Wildman–Crippen MR) is 90.6 cm³/mol. The monoisotopic (exact) mass is 471 g/mol. The molecule has 22 heavy (non-hydrogen) atoms. The Kier molecular flexibility index (Phi) is 5.37. The van der Waals surface area contributed by atoms with Gasteiger partial charge in [0.2, 0.25) is 0 Å². The number of hydrogen-bond donors (Lipinski definition) is 1. The van der Waals surface area contributed by atoms with Crippen molar-refractivity contribution < 1.29 is 17.5 Å². The average molecular weight is 474 g/mol. The molecule has 0 aliphatic rings. The number of ether oxygens (including phenoxy) is 1. The van der Waals surface area contributed by atoms with Crippen molar-refractivity contribution >= 4 is 59.2 Å². The highest BCUT2D eigenvalue weighted by Gasteiger charge is 2.23. The van der Waals surface area contributed by atoms with Gasteiger partial charge in [-0.3, -0.25) is 4.72 Å². The molecular weight excluding hydrogens is 464 g/mol. The number of sulfonamides is 1. The third-order valence-corrected chi connectivity index (χ3v) is 6.11. The van der Waals surface area contributed by atoms with Crippen LogP contribution in [0, 0.1) is 5.82 Å². The van der Waals surface area contributed by atoms with E-state index in [0.29, 0.717) is 10.8 Å². The highest BCUT2D eigenvalue weighted by molar-refractivity contribution is 9.11. The molecule has 0 aliphatic heterocycles. The van der Waals surface area contributed by atoms with Crippen LogP contribution in [0.15, 0.2) is 44.2 Å². The molecule has 0 atom stereocenters. The van der Waals surface area contributed by atoms with E-state index >= 15 is 0 Å². The van der Waals surface area contributed by atoms with Gasteiger partial charge in [-0.15, -0.1) is 0 Å². The molecule has 1 N–H and O–H groups in total. The number of rotatable bonds is 4. The Hall–Kier alpha value is -0.830. The number of hydrogen-bond acceptors (Lipinski definition) is 3. The summed E-state index contributed by atoms with van der Waals surface area (Å²) in [5.74, 6) is -0.264. The first kappa shape index (κ1) is 17.5. The Bertz CT molecular complexity index is 807. The van der Waals surface area contributed by atoms with Crippen molar-refractivity contribution in [2.45, 2.75) is 4.90 Å². The lowest BCUT2D eigenvalue weighted by molar-refractivity contribution is 0.417. The second kappa shape index (κ2) is 6.74. The largest absolute Gasteiger partial charge is 0.495 e. The maximum Gasteiger partial charge on any atom is 0.264 e. The molecule has 0 saturated heterocycles. The number of nitrogens with one attached hydrogen (secondary N) is 1. The molecule has 2 aromatic carbocycles. The molecule has 0 saturated carbocycles. The lowest BCUT2D eigenvalue weighted by Crippen LogP contribution is -2.15. The minimum atomic E-state index is -3.99. The molecule has 0 unspecified atom stereocenters. The SMILES string of the molecule is COc1ccc(Cl)cc1NS(=O)(=O)c1c(Br)cc(F)cc1Br. The van der Waals surface area contributed by atoms with E-state index in [1.807, 2.05) is 0 Å². The number of benzene rings is 2. The van der Waals surface area contributed by atoms with E-state index in [1.54, 1.807) is 6.07 Å². The van der Waals surface area contributed by atoms with E-state index in [2.05, 4.69) is 36.6 Å². The van der Waals surface area contributed by atoms with Crippen LogP contribution < -0.4 is 9.46 Å². The fourth-order valence-corrected chi connectivity index (χ4v) is 5.51. The van der Waals surface area contributed by atoms with E-state index in [1.165, 1.54) is 19.2 Å². The fourth-order valence-electron chi connectivity index (χ4n) is 1.74. The minimum Gasteiger partial charge on any atom is -0.495 e. The molecule has 0 fully saturated rings. The van der Waals surface area contributed by atoms with Gasteiger partial charge in [0.25, 0.3) is 10.0 Å². The minimum absolute atomic E-state index is 0.0906. The van der Waals surface area contributed by atoms with Gasteiger partial charge in [-0.25, -0.2) is 12.8 Å². The van der Waals surface area contributed by atoms with Crippen molar-refractivity contribution in [3.63, 3.8) is 0 Å². The highest BCUT2D eigenvalue weighted by atomic mass is 79.9. The van der Waals surface area contributed by atoms with Crippen LogP contribution in [0.1, 0.15) is 0 Å². The summed E-state index contributed by atoms with van der Waals surface area (Å²) < 4.78 is 46.0. The molecule has 0 aromatic heterocycles. The van der Waals surface area contributed by atoms with Crippen LogP contribution in [0.25, 0.3) is 0 Å². The summed E-state index contributed by atoms with van der Waals surface area (Å²) in [5, 5.41) is 0.343. The van der Waals surface area contributed by atoms with Gasteiger partial charge in [0.05, 0.1) is 12.8 Å². The molecule has 0 aliphatic carbocycles. The van der Waals surface area contributed by atoms with Gasteiger partial charge in [0.15, 0.2) is 0 Å². The second-order valence-corrected chi connectivity index (χ2v) is 7.91. The first-order valence-corrected chi connectivity index (χ1v) is 9.20. The molecule has 0 spiro atoms. The fraction of sp³-hybridized carbons (Fsp3) is 0.0769. The van der Waals surface area contributed by atoms with Crippen LogP contribution in [0.4, 0.5) is 10.1 Å². The maximum absolute atomic E-state index is 13.3. The zero-order valence-electron chi connectivity index (χ0n) is 11.0. The summed E-state index contributed by atoms with van der Waals surface area (Å²) in [6.07, 6.45) is 0. The average Bonchev–Trinajstić information content (AvgIpc) is 2.36. The first-order valence-electron chi connectivity index (χ1n) is 5.75. The smallest absolute Gasteiger partial charge is 0.264 e. The summed E-state index contributed by atoms with van der Waals surface area (Å²) in [5.41, 5.74) is 0.179. The second-order valence-electron chi connectivity index (χ2n) is 4.15. The van der Waals surface area contributed by atoms with Crippen LogP contribution >= 0.6 is 43.5 Å². The van der Waals surface area contributed by atoms with Crippen LogP contribution in [-0.4, -0.2) is 15.5 Å². The Balaban J connectivity index is 2.52. The van der Waals surface area contributed by atoms with E-state index in [-0.39, 0.29) is 19.5 Å². The van der Waals surface area contributed by atoms with Crippen LogP contribution in [-0.2, 0) is 10.0 Å². The third kappa shape index (κ3) is 3.73. The summed E-state index contributed by atoms with van der Waals surface area (Å²) >= 11 is 12.0. The lowest BCUT2D eigenvalue weighted by Gasteiger charge is -2.14. The van der Waals surface area contributed by atoms with Gasteiger partial charge < -0.3 is 4.74 Å². The summed E-state index contributed by atoms with van der Waals surface area (Å²) in [7, 11) is -2.58. The maximum atomic E-state index is 13.3. The molecule has 4 nitrogen and oxygen atoms in total. The van der Waals surface area contributed by atoms with Gasteiger partial charge in [-0.05, 0) is 62.2 Å². The normalized spacial score (nSPS) is 11.3. The van der Waals surface area contributed by atoms with Gasteiger partial charge in [-0.2, -0.15) is 0 Å². The zero-order chi connectivity index (χ0) is 16.5. The van der Waals surface area contributed by atoms with Crippen LogP contribution in [0.5, 0.6) is 5.75 Å². The van der Waals surface area contributed by atoms with E-state index in [9.17, 15) is 12.8 Å². The van der Waals surface area contributed by atoms with Crippen molar-refractivity contribution in [2.75, 3.05) is 11.8 Å². The van der Waals surface area contributed by atoms with Crippen molar-refractivity contribution in [3.05, 3.63) is 50.1 Å². The Morgan fingerprint density at radius 2 is 1.77 bits per heavy atom. The van der Waals surface area contributed by atoms with Gasteiger partial charge in [0.1, 0.15) is 16.5 Å². The molecule has 0 amide bonds. The van der Waals surface area contributed by atoms with Gasteiger partial charge in [0, 0.05) is 14.0 Å². The third-order valence-electron chi connectivity index (χ3n) is 2.64. The lowest BCUT2D eigenvalue weighted by atomic mass is 10.3. The molecule has 0 heterocycles. The highest BCUT2D eigenvalue weighted by Crippen LogP contribution is 2.35. The first-order chi connectivity index (χ1) is 10.2. The zero-order valence-corrected chi connectivity index (χ0v) is 15.8. The number of halogens is 4. The molecule has 0 bridgehead atoms. The van der Waals surface area contributed by atoms with Crippen LogP contribution in [0.2, 0.25) is 5.02 Å². The number of anilines is 1. The Morgan fingerprint density at radius 1 is 1.18 bits per heavy atom. The van der Waals surface area contributed by atoms with Crippen LogP contribution in [0.3, 0.4) is 0 Å². The molecular formula is C13H9Br2ClFNO3S. The number of methoxy groups -OCH3 is 1. The van der Waals surface area contributed by atoms with Crippen molar-refractivity contribution in [3.8, 4) is 5.75 Å².